The zero-order chi connectivity index (χ0) is 15.9. The summed E-state index contributed by atoms with van der Waals surface area (Å²) in [5.41, 5.74) is 2.08. The van der Waals surface area contributed by atoms with Gasteiger partial charge in [0.05, 0.1) is 0 Å². The fourth-order valence-corrected chi connectivity index (χ4v) is 2.82. The van der Waals surface area contributed by atoms with Crippen LogP contribution in [0.2, 0.25) is 0 Å². The fourth-order valence-electron chi connectivity index (χ4n) is 2.82. The molecule has 0 aliphatic carbocycles. The van der Waals surface area contributed by atoms with Crippen LogP contribution in [-0.4, -0.2) is 19.1 Å². The van der Waals surface area contributed by atoms with Crippen molar-refractivity contribution in [1.82, 2.24) is 10.6 Å². The Balaban J connectivity index is 1.62. The average Bonchev–Trinajstić information content (AvgIpc) is 2.61. The monoisotopic (exact) mass is 314 g/mol. The summed E-state index contributed by atoms with van der Waals surface area (Å²) in [6.07, 6.45) is 2.25. The van der Waals surface area contributed by atoms with Crippen LogP contribution in [0, 0.1) is 5.82 Å². The van der Waals surface area contributed by atoms with Gasteiger partial charge >= 0.3 is 0 Å². The van der Waals surface area contributed by atoms with E-state index in [9.17, 15) is 4.39 Å². The lowest BCUT2D eigenvalue weighted by molar-refractivity contribution is 0.298. The molecule has 0 spiro atoms. The Morgan fingerprint density at radius 1 is 1.09 bits per heavy atom. The second-order valence-corrected chi connectivity index (χ2v) is 5.93. The SMILES string of the molecule is Fc1ccc(CNC2CCNCC2)c(OCc2ccccc2)c1. The Morgan fingerprint density at radius 2 is 1.87 bits per heavy atom. The van der Waals surface area contributed by atoms with Gasteiger partial charge in [-0.1, -0.05) is 36.4 Å². The molecule has 0 saturated carbocycles. The van der Waals surface area contributed by atoms with Crippen LogP contribution in [0.4, 0.5) is 4.39 Å². The van der Waals surface area contributed by atoms with Crippen molar-refractivity contribution in [3.63, 3.8) is 0 Å². The lowest BCUT2D eigenvalue weighted by Gasteiger charge is -2.24. The predicted molar refractivity (Wildman–Crippen MR) is 89.9 cm³/mol. The standard InChI is InChI=1S/C19H23FN2O/c20-17-7-6-16(13-22-18-8-10-21-11-9-18)19(12-17)23-14-15-4-2-1-3-5-15/h1-7,12,18,21-22H,8-11,13-14H2. The molecule has 23 heavy (non-hydrogen) atoms. The van der Waals surface area contributed by atoms with E-state index < -0.39 is 0 Å². The third-order valence-corrected chi connectivity index (χ3v) is 4.19. The van der Waals surface area contributed by atoms with Gasteiger partial charge in [-0.25, -0.2) is 4.39 Å². The fraction of sp³-hybridized carbons (Fsp3) is 0.368. The minimum Gasteiger partial charge on any atom is -0.488 e. The smallest absolute Gasteiger partial charge is 0.127 e. The quantitative estimate of drug-likeness (QED) is 0.859. The van der Waals surface area contributed by atoms with E-state index in [-0.39, 0.29) is 5.82 Å². The first-order chi connectivity index (χ1) is 11.3. The highest BCUT2D eigenvalue weighted by Crippen LogP contribution is 2.22. The molecule has 1 heterocycles. The maximum Gasteiger partial charge on any atom is 0.127 e. The van der Waals surface area contributed by atoms with Gasteiger partial charge < -0.3 is 15.4 Å². The van der Waals surface area contributed by atoms with E-state index in [1.807, 2.05) is 36.4 Å². The highest BCUT2D eigenvalue weighted by atomic mass is 19.1. The number of halogens is 1. The molecule has 2 N–H and O–H groups in total. The van der Waals surface area contributed by atoms with Crippen LogP contribution in [0.1, 0.15) is 24.0 Å². The largest absolute Gasteiger partial charge is 0.488 e. The molecule has 2 aromatic rings. The van der Waals surface area contributed by atoms with E-state index in [1.165, 1.54) is 12.1 Å². The average molecular weight is 314 g/mol. The third kappa shape index (κ3) is 4.78. The molecule has 1 saturated heterocycles. The molecule has 0 atom stereocenters. The van der Waals surface area contributed by atoms with Crippen molar-refractivity contribution in [2.24, 2.45) is 0 Å². The van der Waals surface area contributed by atoms with Crippen molar-refractivity contribution < 1.29 is 9.13 Å². The molecule has 0 aromatic heterocycles. The number of rotatable bonds is 6. The minimum absolute atomic E-state index is 0.265. The van der Waals surface area contributed by atoms with Crippen LogP contribution >= 0.6 is 0 Å². The van der Waals surface area contributed by atoms with E-state index in [4.69, 9.17) is 4.74 Å². The van der Waals surface area contributed by atoms with Crippen LogP contribution in [0.5, 0.6) is 5.75 Å². The molecular weight excluding hydrogens is 291 g/mol. The maximum atomic E-state index is 13.6. The Kier molecular flexibility index (Phi) is 5.61. The summed E-state index contributed by atoms with van der Waals surface area (Å²) >= 11 is 0. The van der Waals surface area contributed by atoms with E-state index in [1.54, 1.807) is 0 Å². The van der Waals surface area contributed by atoms with Crippen LogP contribution in [0.15, 0.2) is 48.5 Å². The highest BCUT2D eigenvalue weighted by molar-refractivity contribution is 5.34. The first-order valence-corrected chi connectivity index (χ1v) is 8.20. The van der Waals surface area contributed by atoms with E-state index in [2.05, 4.69) is 10.6 Å². The molecule has 1 aliphatic heterocycles. The molecule has 0 amide bonds. The van der Waals surface area contributed by atoms with E-state index in [0.29, 0.717) is 24.9 Å². The normalized spacial score (nSPS) is 15.5. The van der Waals surface area contributed by atoms with Gasteiger partial charge in [-0.05, 0) is 37.6 Å². The number of ether oxygens (including phenoxy) is 1. The van der Waals surface area contributed by atoms with E-state index >= 15 is 0 Å². The zero-order valence-electron chi connectivity index (χ0n) is 13.2. The van der Waals surface area contributed by atoms with Crippen molar-refractivity contribution in [1.29, 1.82) is 0 Å². The Hall–Kier alpha value is -1.91. The molecule has 0 bridgehead atoms. The van der Waals surface area contributed by atoms with Crippen LogP contribution in [0.25, 0.3) is 0 Å². The zero-order valence-corrected chi connectivity index (χ0v) is 13.2. The molecule has 0 unspecified atom stereocenters. The lowest BCUT2D eigenvalue weighted by atomic mass is 10.1. The summed E-state index contributed by atoms with van der Waals surface area (Å²) in [4.78, 5) is 0. The van der Waals surface area contributed by atoms with Crippen LogP contribution < -0.4 is 15.4 Å². The van der Waals surface area contributed by atoms with Crippen molar-refractivity contribution in [3.05, 3.63) is 65.5 Å². The van der Waals surface area contributed by atoms with Gasteiger partial charge in [0, 0.05) is 24.2 Å². The van der Waals surface area contributed by atoms with Crippen molar-refractivity contribution >= 4 is 0 Å². The second kappa shape index (κ2) is 8.09. The summed E-state index contributed by atoms with van der Waals surface area (Å²) < 4.78 is 19.4. The molecule has 2 aromatic carbocycles. The minimum atomic E-state index is -0.265. The Morgan fingerprint density at radius 3 is 2.65 bits per heavy atom. The van der Waals surface area contributed by atoms with Gasteiger partial charge in [-0.2, -0.15) is 0 Å². The van der Waals surface area contributed by atoms with Gasteiger partial charge in [0.1, 0.15) is 18.2 Å². The summed E-state index contributed by atoms with van der Waals surface area (Å²) in [6.45, 7) is 3.26. The molecule has 4 heteroatoms. The molecule has 122 valence electrons. The highest BCUT2D eigenvalue weighted by Gasteiger charge is 2.13. The first kappa shape index (κ1) is 16.0. The molecule has 0 radical (unpaired) electrons. The van der Waals surface area contributed by atoms with Gasteiger partial charge in [0.25, 0.3) is 0 Å². The molecule has 3 rings (SSSR count). The van der Waals surface area contributed by atoms with Gasteiger partial charge in [-0.3, -0.25) is 0 Å². The topological polar surface area (TPSA) is 33.3 Å². The second-order valence-electron chi connectivity index (χ2n) is 5.93. The van der Waals surface area contributed by atoms with Crippen molar-refractivity contribution in [2.75, 3.05) is 13.1 Å². The summed E-state index contributed by atoms with van der Waals surface area (Å²) in [5.74, 6) is 0.356. The maximum absolute atomic E-state index is 13.6. The lowest BCUT2D eigenvalue weighted by Crippen LogP contribution is -2.39. The number of hydrogen-bond donors (Lipinski definition) is 2. The summed E-state index contributed by atoms with van der Waals surface area (Å²) in [6, 6.07) is 15.2. The van der Waals surface area contributed by atoms with Crippen molar-refractivity contribution in [3.8, 4) is 5.75 Å². The predicted octanol–water partition coefficient (Wildman–Crippen LogP) is 3.25. The van der Waals surface area contributed by atoms with E-state index in [0.717, 1.165) is 37.1 Å². The number of hydrogen-bond acceptors (Lipinski definition) is 3. The van der Waals surface area contributed by atoms with Gasteiger partial charge in [0.15, 0.2) is 0 Å². The third-order valence-electron chi connectivity index (χ3n) is 4.19. The molecular formula is C19H23FN2O. The molecule has 3 nitrogen and oxygen atoms in total. The first-order valence-electron chi connectivity index (χ1n) is 8.20. The van der Waals surface area contributed by atoms with Gasteiger partial charge in [0.2, 0.25) is 0 Å². The summed E-state index contributed by atoms with van der Waals surface area (Å²) in [7, 11) is 0. The van der Waals surface area contributed by atoms with Crippen molar-refractivity contribution in [2.45, 2.75) is 32.0 Å². The van der Waals surface area contributed by atoms with Crippen LogP contribution in [0.3, 0.4) is 0 Å². The van der Waals surface area contributed by atoms with Gasteiger partial charge in [-0.15, -0.1) is 0 Å². The Labute approximate surface area is 136 Å². The molecule has 1 aliphatic rings. The Bertz CT molecular complexity index is 612. The molecule has 1 fully saturated rings. The van der Waals surface area contributed by atoms with Crippen LogP contribution in [-0.2, 0) is 13.2 Å². The number of piperidine rings is 1. The summed E-state index contributed by atoms with van der Waals surface area (Å²) in [5, 5.41) is 6.91. The number of nitrogens with one attached hydrogen (secondary N) is 2. The number of benzene rings is 2.